The van der Waals surface area contributed by atoms with E-state index in [4.69, 9.17) is 9.99 Å². The van der Waals surface area contributed by atoms with Crippen molar-refractivity contribution >= 4 is 11.9 Å². The van der Waals surface area contributed by atoms with Gasteiger partial charge in [0, 0.05) is 0 Å². The summed E-state index contributed by atoms with van der Waals surface area (Å²) in [5, 5.41) is 8.24. The van der Waals surface area contributed by atoms with Gasteiger partial charge >= 0.3 is 11.9 Å². The van der Waals surface area contributed by atoms with E-state index in [1.54, 1.807) is 20.8 Å². The lowest BCUT2D eigenvalue weighted by molar-refractivity contribution is -0.182. The maximum absolute atomic E-state index is 11.7. The SMILES string of the molecule is CC(C)(C)OC(=O)c1cccc(C(=O)OO)c1. The lowest BCUT2D eigenvalue weighted by Gasteiger charge is -2.19. The van der Waals surface area contributed by atoms with Crippen LogP contribution in [-0.2, 0) is 9.62 Å². The number of esters is 1. The minimum atomic E-state index is -0.921. The lowest BCUT2D eigenvalue weighted by atomic mass is 10.1. The van der Waals surface area contributed by atoms with Gasteiger partial charge in [-0.05, 0) is 39.0 Å². The van der Waals surface area contributed by atoms with Gasteiger partial charge in [-0.3, -0.25) is 4.89 Å². The van der Waals surface area contributed by atoms with Gasteiger partial charge in [0.15, 0.2) is 0 Å². The second kappa shape index (κ2) is 4.97. The van der Waals surface area contributed by atoms with E-state index in [0.29, 0.717) is 0 Å². The first-order valence-corrected chi connectivity index (χ1v) is 5.02. The van der Waals surface area contributed by atoms with Gasteiger partial charge in [0.05, 0.1) is 11.1 Å². The zero-order chi connectivity index (χ0) is 13.1. The molecule has 92 valence electrons. The van der Waals surface area contributed by atoms with E-state index in [-0.39, 0.29) is 11.1 Å². The average molecular weight is 238 g/mol. The van der Waals surface area contributed by atoms with E-state index in [1.165, 1.54) is 24.3 Å². The van der Waals surface area contributed by atoms with Crippen LogP contribution < -0.4 is 0 Å². The molecule has 0 spiro atoms. The van der Waals surface area contributed by atoms with Crippen LogP contribution in [0.5, 0.6) is 0 Å². The Morgan fingerprint density at radius 2 is 1.65 bits per heavy atom. The molecule has 1 N–H and O–H groups in total. The zero-order valence-corrected chi connectivity index (χ0v) is 9.89. The Hall–Kier alpha value is -1.88. The highest BCUT2D eigenvalue weighted by Crippen LogP contribution is 2.13. The van der Waals surface area contributed by atoms with Crippen molar-refractivity contribution in [2.45, 2.75) is 26.4 Å². The Morgan fingerprint density at radius 3 is 2.12 bits per heavy atom. The Kier molecular flexibility index (Phi) is 3.85. The fourth-order valence-corrected chi connectivity index (χ4v) is 1.16. The first-order chi connectivity index (χ1) is 7.83. The van der Waals surface area contributed by atoms with Gasteiger partial charge in [0.2, 0.25) is 0 Å². The largest absolute Gasteiger partial charge is 0.456 e. The number of carbonyl (C=O) groups excluding carboxylic acids is 2. The summed E-state index contributed by atoms with van der Waals surface area (Å²) in [6.07, 6.45) is 0. The standard InChI is InChI=1S/C12H14O5/c1-12(2,3)16-10(13)8-5-4-6-9(7-8)11(14)17-15/h4-7,15H,1-3H3. The van der Waals surface area contributed by atoms with E-state index >= 15 is 0 Å². The molecule has 0 amide bonds. The predicted molar refractivity (Wildman–Crippen MR) is 59.7 cm³/mol. The normalized spacial score (nSPS) is 10.8. The number of rotatable bonds is 2. The van der Waals surface area contributed by atoms with Crippen LogP contribution in [0.4, 0.5) is 0 Å². The molecule has 0 saturated carbocycles. The van der Waals surface area contributed by atoms with Gasteiger partial charge in [-0.2, -0.15) is 5.26 Å². The van der Waals surface area contributed by atoms with Crippen LogP contribution in [-0.4, -0.2) is 22.8 Å². The van der Waals surface area contributed by atoms with Crippen LogP contribution >= 0.6 is 0 Å². The van der Waals surface area contributed by atoms with Crippen LogP contribution in [0.25, 0.3) is 0 Å². The molecule has 0 bridgehead atoms. The molecule has 0 aliphatic heterocycles. The van der Waals surface area contributed by atoms with Gasteiger partial charge in [-0.25, -0.2) is 9.59 Å². The maximum atomic E-state index is 11.7. The van der Waals surface area contributed by atoms with Crippen molar-refractivity contribution < 1.29 is 24.5 Å². The first-order valence-electron chi connectivity index (χ1n) is 5.02. The predicted octanol–water partition coefficient (Wildman–Crippen LogP) is 2.27. The monoisotopic (exact) mass is 238 g/mol. The molecule has 0 aromatic heterocycles. The van der Waals surface area contributed by atoms with Gasteiger partial charge in [0.25, 0.3) is 0 Å². The first kappa shape index (κ1) is 13.2. The molecule has 1 aromatic rings. The molecule has 0 aliphatic rings. The average Bonchev–Trinajstić information content (AvgIpc) is 2.26. The highest BCUT2D eigenvalue weighted by Gasteiger charge is 2.19. The molecule has 5 heteroatoms. The Bertz CT molecular complexity index is 431. The number of ether oxygens (including phenoxy) is 1. The molecule has 5 nitrogen and oxygen atoms in total. The summed E-state index contributed by atoms with van der Waals surface area (Å²) in [5.74, 6) is -1.46. The molecule has 0 heterocycles. The molecule has 0 aliphatic carbocycles. The van der Waals surface area contributed by atoms with Crippen molar-refractivity contribution in [2.75, 3.05) is 0 Å². The molecular weight excluding hydrogens is 224 g/mol. The maximum Gasteiger partial charge on any atom is 0.372 e. The van der Waals surface area contributed by atoms with Crippen molar-refractivity contribution in [3.8, 4) is 0 Å². The Balaban J connectivity index is 2.92. The third-order valence-electron chi connectivity index (χ3n) is 1.82. The van der Waals surface area contributed by atoms with Crippen LogP contribution in [0.1, 0.15) is 41.5 Å². The second-order valence-electron chi connectivity index (χ2n) is 4.46. The zero-order valence-electron chi connectivity index (χ0n) is 9.89. The fraction of sp³-hybridized carbons (Fsp3) is 0.333. The highest BCUT2D eigenvalue weighted by molar-refractivity contribution is 5.95. The molecule has 0 unspecified atom stereocenters. The van der Waals surface area contributed by atoms with E-state index in [2.05, 4.69) is 4.89 Å². The summed E-state index contributed by atoms with van der Waals surface area (Å²) in [6, 6.07) is 5.74. The second-order valence-corrected chi connectivity index (χ2v) is 4.46. The van der Waals surface area contributed by atoms with Crippen molar-refractivity contribution in [3.63, 3.8) is 0 Å². The minimum Gasteiger partial charge on any atom is -0.456 e. The Morgan fingerprint density at radius 1 is 1.12 bits per heavy atom. The molecule has 0 fully saturated rings. The molecule has 0 radical (unpaired) electrons. The molecule has 1 aromatic carbocycles. The summed E-state index contributed by atoms with van der Waals surface area (Å²) in [6.45, 7) is 5.24. The van der Waals surface area contributed by atoms with Gasteiger partial charge in [-0.15, -0.1) is 0 Å². The van der Waals surface area contributed by atoms with E-state index in [9.17, 15) is 9.59 Å². The summed E-state index contributed by atoms with van der Waals surface area (Å²) >= 11 is 0. The van der Waals surface area contributed by atoms with E-state index in [1.807, 2.05) is 0 Å². The van der Waals surface area contributed by atoms with Crippen LogP contribution in [0.15, 0.2) is 24.3 Å². The number of hydrogen-bond donors (Lipinski definition) is 1. The van der Waals surface area contributed by atoms with Crippen molar-refractivity contribution in [2.24, 2.45) is 0 Å². The topological polar surface area (TPSA) is 72.8 Å². The van der Waals surface area contributed by atoms with Crippen LogP contribution in [0.3, 0.4) is 0 Å². The highest BCUT2D eigenvalue weighted by atomic mass is 17.1. The van der Waals surface area contributed by atoms with Crippen LogP contribution in [0, 0.1) is 0 Å². The summed E-state index contributed by atoms with van der Waals surface area (Å²) in [4.78, 5) is 26.3. The molecule has 0 saturated heterocycles. The van der Waals surface area contributed by atoms with Gasteiger partial charge < -0.3 is 4.74 Å². The summed E-state index contributed by atoms with van der Waals surface area (Å²) in [5.41, 5.74) is -0.302. The van der Waals surface area contributed by atoms with Gasteiger partial charge in [-0.1, -0.05) is 6.07 Å². The summed E-state index contributed by atoms with van der Waals surface area (Å²) < 4.78 is 5.14. The lowest BCUT2D eigenvalue weighted by Crippen LogP contribution is -2.24. The Labute approximate surface area is 98.9 Å². The molecule has 17 heavy (non-hydrogen) atoms. The third-order valence-corrected chi connectivity index (χ3v) is 1.82. The quantitative estimate of drug-likeness (QED) is 0.486. The van der Waals surface area contributed by atoms with Crippen molar-refractivity contribution in [3.05, 3.63) is 35.4 Å². The van der Waals surface area contributed by atoms with Crippen LogP contribution in [0.2, 0.25) is 0 Å². The smallest absolute Gasteiger partial charge is 0.372 e. The van der Waals surface area contributed by atoms with E-state index in [0.717, 1.165) is 0 Å². The minimum absolute atomic E-state index is 0.0795. The third kappa shape index (κ3) is 3.88. The molecule has 1 rings (SSSR count). The fourth-order valence-electron chi connectivity index (χ4n) is 1.16. The number of carbonyl (C=O) groups is 2. The van der Waals surface area contributed by atoms with Crippen molar-refractivity contribution in [1.29, 1.82) is 0 Å². The van der Waals surface area contributed by atoms with Crippen molar-refractivity contribution in [1.82, 2.24) is 0 Å². The summed E-state index contributed by atoms with van der Waals surface area (Å²) in [7, 11) is 0. The van der Waals surface area contributed by atoms with E-state index < -0.39 is 17.5 Å². The van der Waals surface area contributed by atoms with Gasteiger partial charge in [0.1, 0.15) is 5.60 Å². The number of benzene rings is 1. The molecular formula is C12H14O5. The molecule has 0 atom stereocenters. The number of hydrogen-bond acceptors (Lipinski definition) is 5.